The molecule has 6 nitrogen and oxygen atoms in total. The number of aromatic nitrogens is 1. The van der Waals surface area contributed by atoms with Gasteiger partial charge in [-0.2, -0.15) is 0 Å². The third kappa shape index (κ3) is 3.88. The number of pyridine rings is 1. The molecule has 0 fully saturated rings. The Labute approximate surface area is 163 Å². The van der Waals surface area contributed by atoms with Crippen molar-refractivity contribution in [1.82, 2.24) is 15.4 Å². The van der Waals surface area contributed by atoms with Gasteiger partial charge in [-0.05, 0) is 35.4 Å². The van der Waals surface area contributed by atoms with Crippen molar-refractivity contribution in [2.45, 2.75) is 19.1 Å². The van der Waals surface area contributed by atoms with Crippen molar-refractivity contribution in [3.05, 3.63) is 95.3 Å². The molecule has 142 valence electrons. The summed E-state index contributed by atoms with van der Waals surface area (Å²) in [7, 11) is 0. The monoisotopic (exact) mass is 375 g/mol. The highest BCUT2D eigenvalue weighted by Crippen LogP contribution is 2.33. The maximum atomic E-state index is 11.7. The molecule has 1 atom stereocenters. The van der Waals surface area contributed by atoms with Gasteiger partial charge in [0.2, 0.25) is 0 Å². The van der Waals surface area contributed by atoms with Crippen LogP contribution in [-0.2, 0) is 13.1 Å². The van der Waals surface area contributed by atoms with Crippen LogP contribution in [0, 0.1) is 0 Å². The van der Waals surface area contributed by atoms with E-state index in [1.54, 1.807) is 30.0 Å². The van der Waals surface area contributed by atoms with Crippen molar-refractivity contribution in [3.8, 4) is 5.75 Å². The van der Waals surface area contributed by atoms with E-state index in [0.717, 1.165) is 12.1 Å². The Balaban J connectivity index is 1.68. The normalized spacial score (nSPS) is 16.5. The summed E-state index contributed by atoms with van der Waals surface area (Å²) in [6.07, 6.45) is 3.60. The van der Waals surface area contributed by atoms with Gasteiger partial charge in [0, 0.05) is 36.6 Å². The highest BCUT2D eigenvalue weighted by atomic mass is 16.5. The number of nitrogens with one attached hydrogen (secondary N) is 1. The molecule has 0 unspecified atom stereocenters. The van der Waals surface area contributed by atoms with Crippen molar-refractivity contribution in [1.29, 1.82) is 0 Å². The fraction of sp³-hybridized carbons (Fsp3) is 0.182. The standard InChI is InChI=1S/C22H21N3O3/c26-22(24-27)18-6-7-19-14-25(13-16-8-10-23-11-9-16)20(15-28-21(19)12-18)17-4-2-1-3-5-17/h1-12,20,27H,13-15H2,(H,24,26)/t20-/m1/s1. The largest absolute Gasteiger partial charge is 0.491 e. The molecule has 0 radical (unpaired) electrons. The summed E-state index contributed by atoms with van der Waals surface area (Å²) in [6, 6.07) is 19.6. The average Bonchev–Trinajstić information content (AvgIpc) is 2.93. The fourth-order valence-electron chi connectivity index (χ4n) is 3.50. The van der Waals surface area contributed by atoms with E-state index >= 15 is 0 Å². The fourth-order valence-corrected chi connectivity index (χ4v) is 3.50. The topological polar surface area (TPSA) is 74.7 Å². The van der Waals surface area contributed by atoms with Crippen LogP contribution in [0.15, 0.2) is 73.1 Å². The Kier molecular flexibility index (Phi) is 5.32. The lowest BCUT2D eigenvalue weighted by molar-refractivity contribution is 0.0706. The van der Waals surface area contributed by atoms with Gasteiger partial charge in [-0.15, -0.1) is 0 Å². The number of carbonyl (C=O) groups excluding carboxylic acids is 1. The lowest BCUT2D eigenvalue weighted by Gasteiger charge is -2.29. The molecule has 1 aromatic heterocycles. The first-order valence-corrected chi connectivity index (χ1v) is 9.12. The zero-order chi connectivity index (χ0) is 19.3. The summed E-state index contributed by atoms with van der Waals surface area (Å²) < 4.78 is 6.10. The number of benzene rings is 2. The van der Waals surface area contributed by atoms with Gasteiger partial charge in [-0.3, -0.25) is 19.9 Å². The zero-order valence-corrected chi connectivity index (χ0v) is 15.3. The Morgan fingerprint density at radius 3 is 2.68 bits per heavy atom. The van der Waals surface area contributed by atoms with Gasteiger partial charge in [-0.25, -0.2) is 5.48 Å². The number of rotatable bonds is 4. The number of hydrogen-bond acceptors (Lipinski definition) is 5. The molecule has 2 heterocycles. The van der Waals surface area contributed by atoms with Crippen molar-refractivity contribution in [3.63, 3.8) is 0 Å². The third-order valence-electron chi connectivity index (χ3n) is 4.96. The molecular formula is C22H21N3O3. The minimum absolute atomic E-state index is 0.0666. The second-order valence-corrected chi connectivity index (χ2v) is 6.76. The van der Waals surface area contributed by atoms with Crippen LogP contribution in [0.2, 0.25) is 0 Å². The van der Waals surface area contributed by atoms with E-state index in [1.165, 1.54) is 11.1 Å². The van der Waals surface area contributed by atoms with Gasteiger partial charge >= 0.3 is 0 Å². The molecule has 0 bridgehead atoms. The van der Waals surface area contributed by atoms with E-state index in [9.17, 15) is 4.79 Å². The van der Waals surface area contributed by atoms with E-state index in [-0.39, 0.29) is 6.04 Å². The molecule has 3 aromatic rings. The predicted octanol–water partition coefficient (Wildman–Crippen LogP) is 3.34. The Morgan fingerprint density at radius 2 is 1.93 bits per heavy atom. The van der Waals surface area contributed by atoms with Gasteiger partial charge < -0.3 is 4.74 Å². The average molecular weight is 375 g/mol. The third-order valence-corrected chi connectivity index (χ3v) is 4.96. The highest BCUT2D eigenvalue weighted by molar-refractivity contribution is 5.93. The molecule has 6 heteroatoms. The van der Waals surface area contributed by atoms with Crippen LogP contribution in [0.25, 0.3) is 0 Å². The number of carbonyl (C=O) groups is 1. The molecule has 1 amide bonds. The van der Waals surface area contributed by atoms with Gasteiger partial charge in [0.25, 0.3) is 5.91 Å². The molecule has 28 heavy (non-hydrogen) atoms. The van der Waals surface area contributed by atoms with E-state index in [4.69, 9.17) is 9.94 Å². The van der Waals surface area contributed by atoms with Crippen LogP contribution in [0.3, 0.4) is 0 Å². The molecule has 0 aliphatic carbocycles. The summed E-state index contributed by atoms with van der Waals surface area (Å²) >= 11 is 0. The van der Waals surface area contributed by atoms with Crippen molar-refractivity contribution >= 4 is 5.91 Å². The molecule has 1 aliphatic rings. The van der Waals surface area contributed by atoms with Gasteiger partial charge in [0.15, 0.2) is 0 Å². The Bertz CT molecular complexity index is 948. The summed E-state index contributed by atoms with van der Waals surface area (Å²) in [5.41, 5.74) is 5.39. The van der Waals surface area contributed by atoms with E-state index in [2.05, 4.69) is 22.0 Å². The van der Waals surface area contributed by atoms with Gasteiger partial charge in [0.1, 0.15) is 12.4 Å². The van der Waals surface area contributed by atoms with Crippen LogP contribution < -0.4 is 10.2 Å². The number of fused-ring (bicyclic) bond motifs is 1. The van der Waals surface area contributed by atoms with E-state index in [1.807, 2.05) is 36.4 Å². The molecule has 2 aromatic carbocycles. The second-order valence-electron chi connectivity index (χ2n) is 6.76. The number of ether oxygens (including phenoxy) is 1. The highest BCUT2D eigenvalue weighted by Gasteiger charge is 2.27. The summed E-state index contributed by atoms with van der Waals surface area (Å²) in [5, 5.41) is 8.89. The van der Waals surface area contributed by atoms with Crippen LogP contribution in [0.5, 0.6) is 5.75 Å². The lowest BCUT2D eigenvalue weighted by atomic mass is 10.0. The lowest BCUT2D eigenvalue weighted by Crippen LogP contribution is -2.30. The smallest absolute Gasteiger partial charge is 0.274 e. The summed E-state index contributed by atoms with van der Waals surface area (Å²) in [6.45, 7) is 1.90. The van der Waals surface area contributed by atoms with Gasteiger partial charge in [-0.1, -0.05) is 36.4 Å². The maximum Gasteiger partial charge on any atom is 0.274 e. The molecule has 2 N–H and O–H groups in total. The Morgan fingerprint density at radius 1 is 1.14 bits per heavy atom. The quantitative estimate of drug-likeness (QED) is 0.540. The van der Waals surface area contributed by atoms with Crippen LogP contribution in [0.4, 0.5) is 0 Å². The number of nitrogens with zero attached hydrogens (tertiary/aromatic N) is 2. The second kappa shape index (κ2) is 8.21. The first-order valence-electron chi connectivity index (χ1n) is 9.12. The molecular weight excluding hydrogens is 354 g/mol. The molecule has 1 aliphatic heterocycles. The first-order chi connectivity index (χ1) is 13.7. The maximum absolute atomic E-state index is 11.7. The van der Waals surface area contributed by atoms with Crippen LogP contribution in [-0.4, -0.2) is 27.6 Å². The predicted molar refractivity (Wildman–Crippen MR) is 104 cm³/mol. The minimum atomic E-state index is -0.552. The number of hydrogen-bond donors (Lipinski definition) is 2. The van der Waals surface area contributed by atoms with E-state index < -0.39 is 5.91 Å². The molecule has 0 saturated carbocycles. The molecule has 4 rings (SSSR count). The summed E-state index contributed by atoms with van der Waals surface area (Å²) in [5.74, 6) is 0.114. The SMILES string of the molecule is O=C(NO)c1ccc2c(c1)OC[C@H](c1ccccc1)N(Cc1ccncc1)C2. The zero-order valence-electron chi connectivity index (χ0n) is 15.3. The minimum Gasteiger partial charge on any atom is -0.491 e. The first kappa shape index (κ1) is 18.2. The van der Waals surface area contributed by atoms with Crippen LogP contribution >= 0.6 is 0 Å². The molecule has 0 spiro atoms. The van der Waals surface area contributed by atoms with Crippen molar-refractivity contribution in [2.24, 2.45) is 0 Å². The number of hydroxylamine groups is 1. The van der Waals surface area contributed by atoms with Crippen molar-refractivity contribution < 1.29 is 14.7 Å². The molecule has 0 saturated heterocycles. The van der Waals surface area contributed by atoms with E-state index in [0.29, 0.717) is 24.5 Å². The number of amides is 1. The summed E-state index contributed by atoms with van der Waals surface area (Å²) in [4.78, 5) is 18.2. The van der Waals surface area contributed by atoms with Crippen LogP contribution in [0.1, 0.15) is 33.1 Å². The Hall–Kier alpha value is -3.22. The van der Waals surface area contributed by atoms with Crippen molar-refractivity contribution in [2.75, 3.05) is 6.61 Å². The van der Waals surface area contributed by atoms with Gasteiger partial charge in [0.05, 0.1) is 6.04 Å².